The van der Waals surface area contributed by atoms with Crippen molar-refractivity contribution in [3.05, 3.63) is 316 Å². The Bertz CT molecular complexity index is 4130. The van der Waals surface area contributed by atoms with E-state index in [9.17, 15) is 0 Å². The SMILES string of the molecule is c1ccc(-c2ccc(-c3c(-c4cccc(N(c5ccccc5)c5ccc(-c6ccc(N(c7ccccc7)c7cccc(-c8nc9ccccn9c8-c8ccc(-c9ccccc9)cc8)c7)cc6)cc5)c4)nc4ccccn34)cc2)cc1. The standard InChI is InChI=1S/C74H52N6/c1-5-19-53(20-6-1)55-33-37-59(38-34-55)73-71(75-69-31-13-15-49-77(69)73)61-23-17-29-67(51-61)79(63-25-9-3-10-26-63)65-45-41-57(42-46-65)58-43-47-66(48-44-58)80(64-27-11-4-12-28-64)68-30-18-24-62(52-68)72-74(78-50-16-14-32-70(78)76-72)60-39-35-56(36-40-60)54-21-7-2-8-22-54/h1-52H. The van der Waals surface area contributed by atoms with Crippen LogP contribution in [0.4, 0.5) is 34.1 Å². The second-order valence-electron chi connectivity index (χ2n) is 19.9. The molecule has 0 spiro atoms. The first-order valence-corrected chi connectivity index (χ1v) is 27.0. The maximum atomic E-state index is 5.27. The predicted molar refractivity (Wildman–Crippen MR) is 331 cm³/mol. The molecule has 0 radical (unpaired) electrons. The normalized spacial score (nSPS) is 11.2. The van der Waals surface area contributed by atoms with E-state index in [4.69, 9.17) is 9.97 Å². The molecule has 0 aliphatic rings. The van der Waals surface area contributed by atoms with Gasteiger partial charge in [0, 0.05) is 68.8 Å². The number of fused-ring (bicyclic) bond motifs is 2. The van der Waals surface area contributed by atoms with Gasteiger partial charge in [0.05, 0.1) is 22.8 Å². The molecule has 4 heterocycles. The van der Waals surface area contributed by atoms with Crippen molar-refractivity contribution in [2.75, 3.05) is 9.80 Å². The van der Waals surface area contributed by atoms with Crippen LogP contribution in [0.3, 0.4) is 0 Å². The highest BCUT2D eigenvalue weighted by molar-refractivity contribution is 5.89. The van der Waals surface area contributed by atoms with E-state index in [1.165, 1.54) is 22.3 Å². The monoisotopic (exact) mass is 1020 g/mol. The van der Waals surface area contributed by atoms with E-state index in [1.807, 2.05) is 12.1 Å². The Kier molecular flexibility index (Phi) is 12.5. The number of aromatic nitrogens is 4. The summed E-state index contributed by atoms with van der Waals surface area (Å²) in [6, 6.07) is 108. The lowest BCUT2D eigenvalue weighted by atomic mass is 10.00. The molecular weight excluding hydrogens is 973 g/mol. The number of anilines is 6. The first-order chi connectivity index (χ1) is 39.7. The smallest absolute Gasteiger partial charge is 0.137 e. The molecule has 14 rings (SSSR count). The van der Waals surface area contributed by atoms with E-state index >= 15 is 0 Å². The van der Waals surface area contributed by atoms with Gasteiger partial charge in [-0.1, -0.05) is 206 Å². The van der Waals surface area contributed by atoms with Gasteiger partial charge in [-0.05, 0) is 130 Å². The number of imidazole rings is 2. The van der Waals surface area contributed by atoms with Crippen molar-refractivity contribution in [3.8, 4) is 78.4 Å². The van der Waals surface area contributed by atoms with Gasteiger partial charge in [-0.25, -0.2) is 9.97 Å². The van der Waals surface area contributed by atoms with E-state index in [1.54, 1.807) is 0 Å². The van der Waals surface area contributed by atoms with Crippen molar-refractivity contribution in [3.63, 3.8) is 0 Å². The van der Waals surface area contributed by atoms with E-state index in [-0.39, 0.29) is 0 Å². The molecule has 0 bridgehead atoms. The topological polar surface area (TPSA) is 41.1 Å². The van der Waals surface area contributed by atoms with Gasteiger partial charge in [0.15, 0.2) is 0 Å². The summed E-state index contributed by atoms with van der Waals surface area (Å²) in [5.74, 6) is 0. The van der Waals surface area contributed by atoms with Crippen molar-refractivity contribution in [2.24, 2.45) is 0 Å². The van der Waals surface area contributed by atoms with Crippen molar-refractivity contribution >= 4 is 45.4 Å². The van der Waals surface area contributed by atoms with Crippen molar-refractivity contribution in [1.82, 2.24) is 18.8 Å². The van der Waals surface area contributed by atoms with Crippen molar-refractivity contribution < 1.29 is 0 Å². The lowest BCUT2D eigenvalue weighted by Crippen LogP contribution is -2.10. The lowest BCUT2D eigenvalue weighted by molar-refractivity contribution is 1.19. The highest BCUT2D eigenvalue weighted by Gasteiger charge is 2.22. The molecule has 6 heteroatoms. The van der Waals surface area contributed by atoms with Crippen molar-refractivity contribution in [2.45, 2.75) is 0 Å². The van der Waals surface area contributed by atoms with Gasteiger partial charge in [0.2, 0.25) is 0 Å². The van der Waals surface area contributed by atoms with Crippen LogP contribution >= 0.6 is 0 Å². The number of rotatable bonds is 13. The van der Waals surface area contributed by atoms with Gasteiger partial charge in [-0.3, -0.25) is 8.80 Å². The van der Waals surface area contributed by atoms with E-state index in [0.29, 0.717) is 0 Å². The summed E-state index contributed by atoms with van der Waals surface area (Å²) in [7, 11) is 0. The fourth-order valence-corrected chi connectivity index (χ4v) is 11.1. The number of pyridine rings is 2. The molecule has 0 atom stereocenters. The first-order valence-electron chi connectivity index (χ1n) is 27.0. The number of hydrogen-bond acceptors (Lipinski definition) is 4. The number of benzene rings is 10. The minimum absolute atomic E-state index is 0.899. The van der Waals surface area contributed by atoms with Crippen molar-refractivity contribution in [1.29, 1.82) is 0 Å². The number of hydrogen-bond donors (Lipinski definition) is 0. The molecule has 0 amide bonds. The average Bonchev–Trinajstić information content (AvgIpc) is 4.17. The zero-order valence-electron chi connectivity index (χ0n) is 43.7. The molecule has 0 saturated carbocycles. The minimum atomic E-state index is 0.899. The summed E-state index contributed by atoms with van der Waals surface area (Å²) in [5.41, 5.74) is 23.3. The third-order valence-corrected chi connectivity index (χ3v) is 15.0. The maximum Gasteiger partial charge on any atom is 0.137 e. The van der Waals surface area contributed by atoms with Crippen LogP contribution in [0.5, 0.6) is 0 Å². The Hall–Kier alpha value is -10.8. The van der Waals surface area contributed by atoms with Crippen LogP contribution < -0.4 is 9.80 Å². The third kappa shape index (κ3) is 9.16. The Labute approximate surface area is 465 Å². The maximum absolute atomic E-state index is 5.27. The number of para-hydroxylation sites is 2. The van der Waals surface area contributed by atoms with Crippen LogP contribution in [-0.2, 0) is 0 Å². The van der Waals surface area contributed by atoms with Crippen LogP contribution in [0.2, 0.25) is 0 Å². The van der Waals surface area contributed by atoms with Gasteiger partial charge < -0.3 is 9.80 Å². The summed E-state index contributed by atoms with van der Waals surface area (Å²) in [5, 5.41) is 0. The highest BCUT2D eigenvalue weighted by atomic mass is 15.1. The Balaban J connectivity index is 0.777. The van der Waals surface area contributed by atoms with Gasteiger partial charge in [0.25, 0.3) is 0 Å². The molecule has 10 aromatic carbocycles. The molecule has 0 aliphatic carbocycles. The molecule has 378 valence electrons. The van der Waals surface area contributed by atoms with Gasteiger partial charge in [-0.2, -0.15) is 0 Å². The van der Waals surface area contributed by atoms with Crippen LogP contribution in [0.25, 0.3) is 89.7 Å². The van der Waals surface area contributed by atoms with Gasteiger partial charge >= 0.3 is 0 Å². The molecule has 80 heavy (non-hydrogen) atoms. The Morgan fingerprint density at radius 1 is 0.212 bits per heavy atom. The Morgan fingerprint density at radius 3 is 0.863 bits per heavy atom. The fourth-order valence-electron chi connectivity index (χ4n) is 11.1. The molecule has 0 saturated heterocycles. The summed E-state index contributed by atoms with van der Waals surface area (Å²) >= 11 is 0. The molecule has 0 fully saturated rings. The summed E-state index contributed by atoms with van der Waals surface area (Å²) < 4.78 is 4.40. The molecule has 0 N–H and O–H groups in total. The summed E-state index contributed by atoms with van der Waals surface area (Å²) in [6.45, 7) is 0. The molecule has 0 unspecified atom stereocenters. The van der Waals surface area contributed by atoms with E-state index in [2.05, 4.69) is 322 Å². The molecule has 4 aromatic heterocycles. The second kappa shape index (κ2) is 21.0. The minimum Gasteiger partial charge on any atom is -0.310 e. The highest BCUT2D eigenvalue weighted by Crippen LogP contribution is 2.43. The zero-order valence-corrected chi connectivity index (χ0v) is 43.7. The van der Waals surface area contributed by atoms with Crippen LogP contribution in [-0.4, -0.2) is 18.8 Å². The molecule has 6 nitrogen and oxygen atoms in total. The van der Waals surface area contributed by atoms with Crippen LogP contribution in [0.1, 0.15) is 0 Å². The Morgan fingerprint density at radius 2 is 0.487 bits per heavy atom. The average molecular weight is 1030 g/mol. The second-order valence-corrected chi connectivity index (χ2v) is 19.9. The quantitative estimate of drug-likeness (QED) is 0.115. The zero-order chi connectivity index (χ0) is 53.2. The summed E-state index contributed by atoms with van der Waals surface area (Å²) in [4.78, 5) is 15.2. The van der Waals surface area contributed by atoms with Crippen LogP contribution in [0.15, 0.2) is 316 Å². The van der Waals surface area contributed by atoms with E-state index < -0.39 is 0 Å². The van der Waals surface area contributed by atoms with Gasteiger partial charge in [-0.15, -0.1) is 0 Å². The van der Waals surface area contributed by atoms with Gasteiger partial charge in [0.1, 0.15) is 11.3 Å². The summed E-state index contributed by atoms with van der Waals surface area (Å²) in [6.07, 6.45) is 4.21. The molecule has 14 aromatic rings. The fraction of sp³-hybridized carbons (Fsp3) is 0. The predicted octanol–water partition coefficient (Wildman–Crippen LogP) is 19.6. The molecular formula is C74H52N6. The van der Waals surface area contributed by atoms with Crippen LogP contribution in [0, 0.1) is 0 Å². The largest absolute Gasteiger partial charge is 0.310 e. The van der Waals surface area contributed by atoms with E-state index in [0.717, 1.165) is 102 Å². The first kappa shape index (κ1) is 47.6. The number of nitrogens with zero attached hydrogens (tertiary/aromatic N) is 6. The lowest BCUT2D eigenvalue weighted by Gasteiger charge is -2.26. The molecule has 0 aliphatic heterocycles. The third-order valence-electron chi connectivity index (χ3n) is 15.0.